The van der Waals surface area contributed by atoms with Crippen LogP contribution in [0.5, 0.6) is 5.88 Å². The molecule has 3 aromatic heterocycles. The van der Waals surface area contributed by atoms with Crippen LogP contribution in [0.4, 0.5) is 13.2 Å². The van der Waals surface area contributed by atoms with Crippen LogP contribution in [0.25, 0.3) is 11.5 Å². The number of rotatable bonds is 4. The van der Waals surface area contributed by atoms with Gasteiger partial charge in [0.1, 0.15) is 11.8 Å². The Morgan fingerprint density at radius 3 is 2.59 bits per heavy atom. The maximum Gasteiger partial charge on any atom is 0.434 e. The molecule has 1 amide bonds. The Morgan fingerprint density at radius 1 is 1.09 bits per heavy atom. The fraction of sp³-hybridized carbons (Fsp3) is 0.391. The zero-order valence-electron chi connectivity index (χ0n) is 18.0. The molecule has 0 aromatic carbocycles. The van der Waals surface area contributed by atoms with Crippen molar-refractivity contribution in [2.24, 2.45) is 11.3 Å². The summed E-state index contributed by atoms with van der Waals surface area (Å²) in [6, 6.07) is 3.30. The van der Waals surface area contributed by atoms with E-state index in [1.165, 1.54) is 0 Å². The van der Waals surface area contributed by atoms with Crippen molar-refractivity contribution in [3.63, 3.8) is 0 Å². The highest BCUT2D eigenvalue weighted by Crippen LogP contribution is 2.71. The third-order valence-corrected chi connectivity index (χ3v) is 7.04. The number of likely N-dealkylation sites (tertiary alicyclic amines) is 1. The Balaban J connectivity index is 1.26. The molecule has 0 N–H and O–H groups in total. The number of nitrogens with zero attached hydrogens (tertiary/aromatic N) is 6. The highest BCUT2D eigenvalue weighted by Gasteiger charge is 2.76. The van der Waals surface area contributed by atoms with Crippen LogP contribution >= 0.6 is 0 Å². The quantitative estimate of drug-likeness (QED) is 0.580. The summed E-state index contributed by atoms with van der Waals surface area (Å²) in [6.07, 6.45) is 3.32. The first kappa shape index (κ1) is 20.9. The Labute approximate surface area is 192 Å². The Hall–Kier alpha value is -3.63. The van der Waals surface area contributed by atoms with Crippen LogP contribution in [-0.2, 0) is 6.18 Å². The van der Waals surface area contributed by atoms with E-state index in [1.807, 2.05) is 11.8 Å². The summed E-state index contributed by atoms with van der Waals surface area (Å²) in [5.74, 6) is 0.600. The summed E-state index contributed by atoms with van der Waals surface area (Å²) in [7, 11) is 0. The van der Waals surface area contributed by atoms with Crippen molar-refractivity contribution in [3.8, 4) is 17.4 Å². The summed E-state index contributed by atoms with van der Waals surface area (Å²) in [5.41, 5.74) is 0.607. The topological polar surface area (TPSA) is 94.0 Å². The number of carbonyl (C=O) groups excluding carboxylic acids is 1. The Kier molecular flexibility index (Phi) is 4.42. The Morgan fingerprint density at radius 2 is 1.88 bits per heavy atom. The molecular weight excluding hydrogens is 449 g/mol. The van der Waals surface area contributed by atoms with E-state index in [-0.39, 0.29) is 29.3 Å². The molecule has 3 aliphatic rings. The van der Waals surface area contributed by atoms with Crippen LogP contribution in [0.2, 0.25) is 0 Å². The average Bonchev–Trinajstić information content (AvgIpc) is 3.47. The molecule has 11 heteroatoms. The van der Waals surface area contributed by atoms with Crippen molar-refractivity contribution in [1.29, 1.82) is 0 Å². The van der Waals surface area contributed by atoms with Crippen molar-refractivity contribution in [2.45, 2.75) is 38.1 Å². The molecule has 4 heterocycles. The first-order chi connectivity index (χ1) is 16.3. The molecule has 3 fully saturated rings. The number of ether oxygens (including phenoxy) is 1. The van der Waals surface area contributed by atoms with E-state index in [0.29, 0.717) is 35.7 Å². The van der Waals surface area contributed by atoms with Crippen molar-refractivity contribution in [1.82, 2.24) is 29.8 Å². The molecule has 8 nitrogen and oxygen atoms in total. The number of halogens is 3. The highest BCUT2D eigenvalue weighted by molar-refractivity contribution is 6.00. The maximum atomic E-state index is 13.7. The molecule has 2 saturated carbocycles. The van der Waals surface area contributed by atoms with Crippen LogP contribution in [0.1, 0.15) is 34.5 Å². The average molecular weight is 468 g/mol. The smallest absolute Gasteiger partial charge is 0.434 e. The van der Waals surface area contributed by atoms with E-state index in [9.17, 15) is 18.0 Å². The van der Waals surface area contributed by atoms with Crippen molar-refractivity contribution in [3.05, 3.63) is 59.9 Å². The fourth-order valence-corrected chi connectivity index (χ4v) is 5.42. The monoisotopic (exact) mass is 468 g/mol. The molecule has 174 valence electrons. The molecule has 1 saturated heterocycles. The molecule has 2 aliphatic carbocycles. The predicted octanol–water partition coefficient (Wildman–Crippen LogP) is 3.34. The lowest BCUT2D eigenvalue weighted by Gasteiger charge is -2.46. The van der Waals surface area contributed by atoms with E-state index in [0.717, 1.165) is 24.6 Å². The van der Waals surface area contributed by atoms with E-state index < -0.39 is 11.9 Å². The lowest BCUT2D eigenvalue weighted by atomic mass is 9.73. The number of carbonyl (C=O) groups is 1. The van der Waals surface area contributed by atoms with Gasteiger partial charge >= 0.3 is 6.18 Å². The zero-order chi connectivity index (χ0) is 23.7. The summed E-state index contributed by atoms with van der Waals surface area (Å²) < 4.78 is 44.2. The van der Waals surface area contributed by atoms with Crippen molar-refractivity contribution in [2.75, 3.05) is 6.54 Å². The standard InChI is InChI=1S/C23H19F3N6O2/c1-12-5-14(18(31-8-12)20-27-3-2-4-28-20)21(33)32-11-13-6-22(13)7-15(19(22)32)34-17-10-29-16(9-30-17)23(24,25)26/h2-5,8-10,13,15,19H,6-7,11H2,1H3. The molecule has 6 rings (SSSR count). The largest absolute Gasteiger partial charge is 0.471 e. The van der Waals surface area contributed by atoms with Gasteiger partial charge in [-0.3, -0.25) is 9.78 Å². The number of aromatic nitrogens is 5. The van der Waals surface area contributed by atoms with Crippen LogP contribution in [0.15, 0.2) is 43.1 Å². The summed E-state index contributed by atoms with van der Waals surface area (Å²) >= 11 is 0. The molecule has 4 atom stereocenters. The second-order valence-corrected chi connectivity index (χ2v) is 9.12. The molecule has 34 heavy (non-hydrogen) atoms. The van der Waals surface area contributed by atoms with Gasteiger partial charge in [0, 0.05) is 30.6 Å². The maximum absolute atomic E-state index is 13.7. The molecule has 0 radical (unpaired) electrons. The van der Waals surface area contributed by atoms with Gasteiger partial charge in [0.05, 0.1) is 24.0 Å². The molecular formula is C23H19F3N6O2. The second-order valence-electron chi connectivity index (χ2n) is 9.12. The summed E-state index contributed by atoms with van der Waals surface area (Å²) in [4.78, 5) is 35.7. The van der Waals surface area contributed by atoms with Gasteiger partial charge in [0.25, 0.3) is 5.91 Å². The number of hydrogen-bond acceptors (Lipinski definition) is 7. The summed E-state index contributed by atoms with van der Waals surface area (Å²) in [5, 5.41) is 0. The lowest BCUT2D eigenvalue weighted by molar-refractivity contribution is -0.141. The normalized spacial score (nSPS) is 26.9. The Bertz CT molecular complexity index is 1270. The molecule has 3 aromatic rings. The predicted molar refractivity (Wildman–Crippen MR) is 111 cm³/mol. The molecule has 1 spiro atoms. The lowest BCUT2D eigenvalue weighted by Crippen LogP contribution is -2.59. The van der Waals surface area contributed by atoms with Crippen molar-refractivity contribution < 1.29 is 22.7 Å². The van der Waals surface area contributed by atoms with Gasteiger partial charge in [-0.05, 0) is 43.4 Å². The molecule has 4 unspecified atom stereocenters. The fourth-order valence-electron chi connectivity index (χ4n) is 5.42. The molecule has 1 aliphatic heterocycles. The number of aryl methyl sites for hydroxylation is 1. The van der Waals surface area contributed by atoms with E-state index >= 15 is 0 Å². The first-order valence-electron chi connectivity index (χ1n) is 10.9. The first-order valence-corrected chi connectivity index (χ1v) is 10.9. The van der Waals surface area contributed by atoms with Gasteiger partial charge < -0.3 is 9.64 Å². The zero-order valence-corrected chi connectivity index (χ0v) is 18.0. The number of alkyl halides is 3. The number of piperidine rings is 1. The van der Waals surface area contributed by atoms with Crippen LogP contribution in [0.3, 0.4) is 0 Å². The molecule has 0 bridgehead atoms. The second kappa shape index (κ2) is 7.18. The van der Waals surface area contributed by atoms with E-state index in [2.05, 4.69) is 24.9 Å². The third kappa shape index (κ3) is 3.21. The van der Waals surface area contributed by atoms with Gasteiger partial charge in [-0.15, -0.1) is 0 Å². The van der Waals surface area contributed by atoms with Gasteiger partial charge in [-0.25, -0.2) is 19.9 Å². The van der Waals surface area contributed by atoms with Gasteiger partial charge in [0.2, 0.25) is 5.88 Å². The van der Waals surface area contributed by atoms with Crippen molar-refractivity contribution >= 4 is 5.91 Å². The van der Waals surface area contributed by atoms with Gasteiger partial charge in [0.15, 0.2) is 11.5 Å². The highest BCUT2D eigenvalue weighted by atomic mass is 19.4. The van der Waals surface area contributed by atoms with Crippen LogP contribution < -0.4 is 4.74 Å². The minimum Gasteiger partial charge on any atom is -0.471 e. The minimum absolute atomic E-state index is 0.0138. The minimum atomic E-state index is -4.57. The number of pyridine rings is 1. The third-order valence-electron chi connectivity index (χ3n) is 7.04. The van der Waals surface area contributed by atoms with Crippen LogP contribution in [0, 0.1) is 18.3 Å². The van der Waals surface area contributed by atoms with Gasteiger partial charge in [-0.2, -0.15) is 13.2 Å². The summed E-state index contributed by atoms with van der Waals surface area (Å²) in [6.45, 7) is 2.46. The van der Waals surface area contributed by atoms with Gasteiger partial charge in [-0.1, -0.05) is 0 Å². The number of hydrogen-bond donors (Lipinski definition) is 0. The van der Waals surface area contributed by atoms with E-state index in [1.54, 1.807) is 30.7 Å². The SMILES string of the molecule is Cc1cnc(-c2ncccn2)c(C(=O)N2CC3CC34CC(Oc3cnc(C(F)(F)F)cn3)C24)c1. The van der Waals surface area contributed by atoms with E-state index in [4.69, 9.17) is 4.74 Å². The van der Waals surface area contributed by atoms with Crippen LogP contribution in [-0.4, -0.2) is 54.4 Å². The number of amides is 1.